The first-order valence-corrected chi connectivity index (χ1v) is 8.08. The zero-order valence-corrected chi connectivity index (χ0v) is 14.6. The van der Waals surface area contributed by atoms with Crippen LogP contribution in [0.1, 0.15) is 18.1 Å². The van der Waals surface area contributed by atoms with Crippen molar-refractivity contribution in [2.45, 2.75) is 12.5 Å². The molecule has 2 heterocycles. The number of nitrogens with zero attached hydrogens (tertiary/aromatic N) is 3. The Morgan fingerprint density at radius 1 is 1.32 bits per heavy atom. The van der Waals surface area contributed by atoms with E-state index in [0.717, 1.165) is 16.5 Å². The molecule has 0 saturated carbocycles. The summed E-state index contributed by atoms with van der Waals surface area (Å²) in [6, 6.07) is 8.03. The van der Waals surface area contributed by atoms with Crippen molar-refractivity contribution < 1.29 is 9.90 Å². The van der Waals surface area contributed by atoms with Crippen LogP contribution in [0.25, 0.3) is 17.0 Å². The number of hydrogen-bond donors (Lipinski definition) is 2. The number of rotatable bonds is 5. The number of amides is 1. The Labute approximate surface area is 146 Å². The van der Waals surface area contributed by atoms with Crippen LogP contribution >= 0.6 is 0 Å². The molecule has 2 aromatic heterocycles. The minimum Gasteiger partial charge on any atom is -0.383 e. The van der Waals surface area contributed by atoms with Crippen molar-refractivity contribution in [2.24, 2.45) is 14.1 Å². The molecule has 0 aliphatic heterocycles. The lowest BCUT2D eigenvalue weighted by Crippen LogP contribution is -2.37. The molecule has 0 saturated heterocycles. The van der Waals surface area contributed by atoms with Gasteiger partial charge in [0.15, 0.2) is 0 Å². The van der Waals surface area contributed by atoms with Crippen LogP contribution in [0.3, 0.4) is 0 Å². The second kappa shape index (κ2) is 6.57. The zero-order valence-electron chi connectivity index (χ0n) is 14.6. The fourth-order valence-corrected chi connectivity index (χ4v) is 2.79. The van der Waals surface area contributed by atoms with E-state index in [1.165, 1.54) is 6.08 Å². The Morgan fingerprint density at radius 3 is 2.80 bits per heavy atom. The van der Waals surface area contributed by atoms with E-state index in [2.05, 4.69) is 10.4 Å². The number of benzene rings is 1. The molecule has 6 heteroatoms. The molecule has 3 rings (SSSR count). The van der Waals surface area contributed by atoms with E-state index in [0.29, 0.717) is 5.56 Å². The third kappa shape index (κ3) is 3.64. The van der Waals surface area contributed by atoms with Crippen molar-refractivity contribution >= 4 is 22.9 Å². The number of aryl methyl sites for hydroxylation is 2. The number of carbonyl (C=O) groups is 1. The average Bonchev–Trinajstić information content (AvgIpc) is 3.16. The molecule has 0 fully saturated rings. The summed E-state index contributed by atoms with van der Waals surface area (Å²) in [5.41, 5.74) is 1.58. The Balaban J connectivity index is 1.67. The van der Waals surface area contributed by atoms with Crippen molar-refractivity contribution in [3.8, 4) is 0 Å². The molecule has 0 spiro atoms. The van der Waals surface area contributed by atoms with Gasteiger partial charge in [-0.05, 0) is 19.1 Å². The van der Waals surface area contributed by atoms with Gasteiger partial charge >= 0.3 is 0 Å². The van der Waals surface area contributed by atoms with Crippen molar-refractivity contribution in [3.63, 3.8) is 0 Å². The summed E-state index contributed by atoms with van der Waals surface area (Å²) in [5, 5.41) is 18.4. The van der Waals surface area contributed by atoms with E-state index in [-0.39, 0.29) is 12.5 Å². The number of fused-ring (bicyclic) bond motifs is 1. The Hall–Kier alpha value is -2.86. The van der Waals surface area contributed by atoms with Gasteiger partial charge in [-0.15, -0.1) is 0 Å². The van der Waals surface area contributed by atoms with E-state index in [4.69, 9.17) is 0 Å². The summed E-state index contributed by atoms with van der Waals surface area (Å²) in [5.74, 6) is -0.253. The monoisotopic (exact) mass is 338 g/mol. The second-order valence-electron chi connectivity index (χ2n) is 6.44. The Kier molecular flexibility index (Phi) is 4.46. The van der Waals surface area contributed by atoms with Gasteiger partial charge in [0.1, 0.15) is 5.60 Å². The highest BCUT2D eigenvalue weighted by molar-refractivity contribution is 5.96. The van der Waals surface area contributed by atoms with Crippen LogP contribution in [0.5, 0.6) is 0 Å². The summed E-state index contributed by atoms with van der Waals surface area (Å²) < 4.78 is 3.64. The minimum absolute atomic E-state index is 0.109. The van der Waals surface area contributed by atoms with Gasteiger partial charge in [-0.25, -0.2) is 0 Å². The zero-order chi connectivity index (χ0) is 18.0. The summed E-state index contributed by atoms with van der Waals surface area (Å²) >= 11 is 0. The molecule has 1 unspecified atom stereocenters. The van der Waals surface area contributed by atoms with Gasteiger partial charge in [0.25, 0.3) is 0 Å². The maximum absolute atomic E-state index is 12.1. The van der Waals surface area contributed by atoms with Gasteiger partial charge in [0.05, 0.1) is 12.7 Å². The highest BCUT2D eigenvalue weighted by Crippen LogP contribution is 2.21. The van der Waals surface area contributed by atoms with Gasteiger partial charge in [-0.3, -0.25) is 9.48 Å². The second-order valence-corrected chi connectivity index (χ2v) is 6.44. The molecule has 130 valence electrons. The normalized spacial score (nSPS) is 14.1. The lowest BCUT2D eigenvalue weighted by molar-refractivity contribution is -0.117. The van der Waals surface area contributed by atoms with Crippen LogP contribution in [0.15, 0.2) is 48.9 Å². The molecular formula is C19H22N4O2. The maximum atomic E-state index is 12.1. The predicted octanol–water partition coefficient (Wildman–Crippen LogP) is 1.95. The maximum Gasteiger partial charge on any atom is 0.244 e. The smallest absolute Gasteiger partial charge is 0.244 e. The van der Waals surface area contributed by atoms with E-state index < -0.39 is 5.60 Å². The summed E-state index contributed by atoms with van der Waals surface area (Å²) in [4.78, 5) is 12.1. The molecule has 0 bridgehead atoms. The Morgan fingerprint density at radius 2 is 2.08 bits per heavy atom. The van der Waals surface area contributed by atoms with E-state index in [1.54, 1.807) is 37.1 Å². The Bertz CT molecular complexity index is 934. The molecule has 1 amide bonds. The summed E-state index contributed by atoms with van der Waals surface area (Å²) in [6.07, 6.45) is 8.59. The molecule has 1 atom stereocenters. The van der Waals surface area contributed by atoms with Gasteiger partial charge in [-0.1, -0.05) is 18.2 Å². The van der Waals surface area contributed by atoms with Crippen LogP contribution in [-0.4, -0.2) is 31.9 Å². The van der Waals surface area contributed by atoms with Gasteiger partial charge in [0.2, 0.25) is 5.91 Å². The molecule has 0 aliphatic carbocycles. The lowest BCUT2D eigenvalue weighted by Gasteiger charge is -2.21. The van der Waals surface area contributed by atoms with Crippen molar-refractivity contribution in [2.75, 3.05) is 6.54 Å². The number of aliphatic hydroxyl groups is 1. The first-order chi connectivity index (χ1) is 11.9. The fraction of sp³-hybridized carbons (Fsp3) is 0.263. The molecule has 3 aromatic rings. The lowest BCUT2D eigenvalue weighted by atomic mass is 10.00. The third-order valence-electron chi connectivity index (χ3n) is 4.28. The quantitative estimate of drug-likeness (QED) is 0.699. The van der Waals surface area contributed by atoms with E-state index >= 15 is 0 Å². The highest BCUT2D eigenvalue weighted by Gasteiger charge is 2.24. The molecule has 0 aliphatic rings. The van der Waals surface area contributed by atoms with Gasteiger partial charge in [0, 0.05) is 54.6 Å². The molecule has 0 radical (unpaired) electrons. The SMILES string of the molecule is Cn1cc(C(C)(O)CNC(=O)/C=C/c2cn(C)c3ccccc23)cn1. The van der Waals surface area contributed by atoms with E-state index in [9.17, 15) is 9.90 Å². The molecule has 1 aromatic carbocycles. The van der Waals surface area contributed by atoms with Crippen LogP contribution in [0, 0.1) is 0 Å². The average molecular weight is 338 g/mol. The predicted molar refractivity (Wildman–Crippen MR) is 97.7 cm³/mol. The van der Waals surface area contributed by atoms with Crippen LogP contribution < -0.4 is 5.32 Å². The highest BCUT2D eigenvalue weighted by atomic mass is 16.3. The number of carbonyl (C=O) groups excluding carboxylic acids is 1. The standard InChI is InChI=1S/C19H22N4O2/c1-19(25,15-10-21-23(3)12-15)13-20-18(24)9-8-14-11-22(2)17-7-5-4-6-16(14)17/h4-12,25H,13H2,1-3H3,(H,20,24)/b9-8+. The number of hydrogen-bond acceptors (Lipinski definition) is 3. The first kappa shape index (κ1) is 17.0. The molecule has 2 N–H and O–H groups in total. The molecular weight excluding hydrogens is 316 g/mol. The molecule has 25 heavy (non-hydrogen) atoms. The topological polar surface area (TPSA) is 72.1 Å². The van der Waals surface area contributed by atoms with Crippen molar-refractivity contribution in [3.05, 3.63) is 60.1 Å². The first-order valence-electron chi connectivity index (χ1n) is 8.08. The van der Waals surface area contributed by atoms with Gasteiger partial charge < -0.3 is 15.0 Å². The minimum atomic E-state index is -1.17. The van der Waals surface area contributed by atoms with Gasteiger partial charge in [-0.2, -0.15) is 5.10 Å². The third-order valence-corrected chi connectivity index (χ3v) is 4.28. The number of nitrogens with one attached hydrogen (secondary N) is 1. The van der Waals surface area contributed by atoms with E-state index in [1.807, 2.05) is 42.1 Å². The van der Waals surface area contributed by atoms with Crippen molar-refractivity contribution in [1.29, 1.82) is 0 Å². The van der Waals surface area contributed by atoms with Crippen LogP contribution in [0.4, 0.5) is 0 Å². The fourth-order valence-electron chi connectivity index (χ4n) is 2.79. The number of para-hydroxylation sites is 1. The largest absolute Gasteiger partial charge is 0.383 e. The summed E-state index contributed by atoms with van der Waals surface area (Å²) in [7, 11) is 3.76. The van der Waals surface area contributed by atoms with Crippen molar-refractivity contribution in [1.82, 2.24) is 19.7 Å². The summed E-state index contributed by atoms with van der Waals surface area (Å²) in [6.45, 7) is 1.76. The molecule has 6 nitrogen and oxygen atoms in total. The van der Waals surface area contributed by atoms with Crippen LogP contribution in [-0.2, 0) is 24.5 Å². The van der Waals surface area contributed by atoms with Crippen LogP contribution in [0.2, 0.25) is 0 Å². The number of aromatic nitrogens is 3.